The van der Waals surface area contributed by atoms with E-state index in [4.69, 9.17) is 0 Å². The van der Waals surface area contributed by atoms with Gasteiger partial charge in [0, 0.05) is 19.7 Å². The first-order chi connectivity index (χ1) is 12.6. The molecular weight excluding hydrogens is 332 g/mol. The van der Waals surface area contributed by atoms with Crippen molar-refractivity contribution in [2.24, 2.45) is 7.05 Å². The van der Waals surface area contributed by atoms with E-state index in [1.54, 1.807) is 36.2 Å². The fraction of sp³-hybridized carbons (Fsp3) is 0.263. The molecular formula is C19H18N4O3. The molecule has 0 aliphatic carbocycles. The average molecular weight is 350 g/mol. The molecule has 1 fully saturated rings. The summed E-state index contributed by atoms with van der Waals surface area (Å²) in [5, 5.41) is 0.557. The molecule has 132 valence electrons. The molecule has 1 aromatic carbocycles. The van der Waals surface area contributed by atoms with Crippen LogP contribution < -0.4 is 11.1 Å². The third kappa shape index (κ3) is 2.61. The van der Waals surface area contributed by atoms with E-state index < -0.39 is 0 Å². The smallest absolute Gasteiger partial charge is 0.270 e. The van der Waals surface area contributed by atoms with E-state index in [0.717, 1.165) is 12.8 Å². The Hall–Kier alpha value is -3.22. The highest BCUT2D eigenvalue weighted by atomic mass is 16.2. The van der Waals surface area contributed by atoms with Crippen molar-refractivity contribution in [1.82, 2.24) is 19.4 Å². The van der Waals surface area contributed by atoms with Crippen LogP contribution in [0.25, 0.3) is 10.9 Å². The molecule has 1 amide bonds. The van der Waals surface area contributed by atoms with Gasteiger partial charge in [-0.2, -0.15) is 0 Å². The molecule has 0 bridgehead atoms. The summed E-state index contributed by atoms with van der Waals surface area (Å²) >= 11 is 0. The summed E-state index contributed by atoms with van der Waals surface area (Å²) in [6.45, 7) is 0.559. The molecule has 0 spiro atoms. The molecule has 0 radical (unpaired) electrons. The van der Waals surface area contributed by atoms with Crippen LogP contribution in [-0.4, -0.2) is 31.9 Å². The van der Waals surface area contributed by atoms with Crippen molar-refractivity contribution in [3.63, 3.8) is 0 Å². The molecule has 1 unspecified atom stereocenters. The first-order valence-corrected chi connectivity index (χ1v) is 8.52. The van der Waals surface area contributed by atoms with E-state index in [1.165, 1.54) is 10.6 Å². The maximum absolute atomic E-state index is 12.9. The van der Waals surface area contributed by atoms with Crippen molar-refractivity contribution in [2.45, 2.75) is 18.9 Å². The van der Waals surface area contributed by atoms with Crippen molar-refractivity contribution in [3.05, 3.63) is 74.7 Å². The van der Waals surface area contributed by atoms with Crippen molar-refractivity contribution >= 4 is 16.8 Å². The van der Waals surface area contributed by atoms with Gasteiger partial charge in [0.25, 0.3) is 11.5 Å². The van der Waals surface area contributed by atoms with E-state index in [9.17, 15) is 14.4 Å². The van der Waals surface area contributed by atoms with Gasteiger partial charge in [0.2, 0.25) is 5.56 Å². The quantitative estimate of drug-likeness (QED) is 0.760. The van der Waals surface area contributed by atoms with Crippen LogP contribution in [0.3, 0.4) is 0 Å². The van der Waals surface area contributed by atoms with E-state index in [-0.39, 0.29) is 28.8 Å². The number of fused-ring (bicyclic) bond motifs is 1. The number of para-hydroxylation sites is 1. The molecule has 3 heterocycles. The van der Waals surface area contributed by atoms with Crippen LogP contribution in [0.15, 0.2) is 52.1 Å². The van der Waals surface area contributed by atoms with E-state index in [0.29, 0.717) is 23.3 Å². The Morgan fingerprint density at radius 2 is 1.96 bits per heavy atom. The number of carbonyl (C=O) groups is 1. The Bertz CT molecular complexity index is 1120. The number of aromatic nitrogens is 3. The van der Waals surface area contributed by atoms with Crippen LogP contribution in [0, 0.1) is 0 Å². The van der Waals surface area contributed by atoms with Crippen LogP contribution >= 0.6 is 0 Å². The number of H-pyrrole nitrogens is 1. The van der Waals surface area contributed by atoms with Gasteiger partial charge in [-0.15, -0.1) is 0 Å². The highest BCUT2D eigenvalue weighted by Crippen LogP contribution is 2.31. The van der Waals surface area contributed by atoms with Crippen molar-refractivity contribution in [3.8, 4) is 0 Å². The fourth-order valence-electron chi connectivity index (χ4n) is 3.54. The topological polar surface area (TPSA) is 88.1 Å². The largest absolute Gasteiger partial charge is 0.327 e. The average Bonchev–Trinajstić information content (AvgIpc) is 3.13. The second-order valence-electron chi connectivity index (χ2n) is 6.44. The van der Waals surface area contributed by atoms with Gasteiger partial charge in [0.1, 0.15) is 11.5 Å². The van der Waals surface area contributed by atoms with Crippen LogP contribution in [0.1, 0.15) is 35.2 Å². The van der Waals surface area contributed by atoms with Gasteiger partial charge in [-0.25, -0.2) is 4.98 Å². The van der Waals surface area contributed by atoms with Gasteiger partial charge >= 0.3 is 0 Å². The summed E-state index contributed by atoms with van der Waals surface area (Å²) in [7, 11) is 1.68. The minimum atomic E-state index is -0.317. The first-order valence-electron chi connectivity index (χ1n) is 8.52. The third-order valence-electron chi connectivity index (χ3n) is 4.83. The third-order valence-corrected chi connectivity index (χ3v) is 4.83. The number of pyridine rings is 1. The first kappa shape index (κ1) is 16.3. The number of hydrogen-bond acceptors (Lipinski definition) is 4. The predicted molar refractivity (Wildman–Crippen MR) is 97.1 cm³/mol. The lowest BCUT2D eigenvalue weighted by atomic mass is 10.1. The van der Waals surface area contributed by atoms with Crippen molar-refractivity contribution in [1.29, 1.82) is 0 Å². The summed E-state index contributed by atoms with van der Waals surface area (Å²) in [5.74, 6) is 0.311. The number of amides is 1. The van der Waals surface area contributed by atoms with Crippen LogP contribution in [0.5, 0.6) is 0 Å². The van der Waals surface area contributed by atoms with E-state index in [2.05, 4.69) is 9.97 Å². The maximum atomic E-state index is 12.9. The monoisotopic (exact) mass is 350 g/mol. The van der Waals surface area contributed by atoms with E-state index >= 15 is 0 Å². The van der Waals surface area contributed by atoms with Gasteiger partial charge < -0.3 is 9.88 Å². The fourth-order valence-corrected chi connectivity index (χ4v) is 3.54. The Kier molecular flexibility index (Phi) is 3.91. The Labute approximate surface area is 148 Å². The number of carbonyl (C=O) groups excluding carboxylic acids is 1. The zero-order valence-corrected chi connectivity index (χ0v) is 14.3. The summed E-state index contributed by atoms with van der Waals surface area (Å²) in [5.41, 5.74) is 0.425. The number of rotatable bonds is 2. The Morgan fingerprint density at radius 3 is 2.77 bits per heavy atom. The number of aromatic amines is 1. The second kappa shape index (κ2) is 6.25. The molecule has 7 nitrogen and oxygen atoms in total. The minimum absolute atomic E-state index is 0.127. The number of nitrogens with one attached hydrogen (secondary N) is 1. The lowest BCUT2D eigenvalue weighted by Gasteiger charge is -2.25. The zero-order chi connectivity index (χ0) is 18.3. The molecule has 1 aliphatic rings. The summed E-state index contributed by atoms with van der Waals surface area (Å²) in [6, 6.07) is 11.4. The molecule has 2 aromatic heterocycles. The van der Waals surface area contributed by atoms with Crippen LogP contribution in [0.4, 0.5) is 0 Å². The zero-order valence-electron chi connectivity index (χ0n) is 14.3. The maximum Gasteiger partial charge on any atom is 0.270 e. The lowest BCUT2D eigenvalue weighted by molar-refractivity contribution is 0.0721. The number of nitrogens with zero attached hydrogens (tertiary/aromatic N) is 3. The minimum Gasteiger partial charge on any atom is -0.327 e. The molecule has 0 saturated carbocycles. The van der Waals surface area contributed by atoms with Gasteiger partial charge in [-0.1, -0.05) is 18.2 Å². The highest BCUT2D eigenvalue weighted by molar-refractivity contribution is 5.92. The standard InChI is InChI=1S/C19H18N4O3/c1-22-17(21-13-7-3-2-6-12(13)18(22)25)15-9-5-11-23(15)19(26)14-8-4-10-16(24)20-14/h2-4,6-8,10,15H,5,9,11H2,1H3,(H,20,24). The predicted octanol–water partition coefficient (Wildman–Crippen LogP) is 1.60. The van der Waals surface area contributed by atoms with Gasteiger partial charge in [-0.05, 0) is 31.0 Å². The summed E-state index contributed by atoms with van der Waals surface area (Å²) < 4.78 is 1.52. The molecule has 26 heavy (non-hydrogen) atoms. The van der Waals surface area contributed by atoms with Crippen molar-refractivity contribution < 1.29 is 4.79 Å². The molecule has 1 N–H and O–H groups in total. The molecule has 1 atom stereocenters. The lowest BCUT2D eigenvalue weighted by Crippen LogP contribution is -2.35. The van der Waals surface area contributed by atoms with E-state index in [1.807, 2.05) is 12.1 Å². The van der Waals surface area contributed by atoms with Gasteiger partial charge in [0.15, 0.2) is 0 Å². The van der Waals surface area contributed by atoms with Gasteiger partial charge in [-0.3, -0.25) is 19.0 Å². The van der Waals surface area contributed by atoms with Crippen LogP contribution in [-0.2, 0) is 7.05 Å². The number of hydrogen-bond donors (Lipinski definition) is 1. The summed E-state index contributed by atoms with van der Waals surface area (Å²) in [4.78, 5) is 46.0. The Morgan fingerprint density at radius 1 is 1.15 bits per heavy atom. The summed E-state index contributed by atoms with van der Waals surface area (Å²) in [6.07, 6.45) is 1.54. The molecule has 7 heteroatoms. The molecule has 1 aliphatic heterocycles. The SMILES string of the molecule is Cn1c(C2CCCN2C(=O)c2cccc(=O)[nH]2)nc2ccccc2c1=O. The molecule has 1 saturated heterocycles. The highest BCUT2D eigenvalue weighted by Gasteiger charge is 2.33. The molecule has 4 rings (SSSR count). The van der Waals surface area contributed by atoms with Crippen LogP contribution in [0.2, 0.25) is 0 Å². The van der Waals surface area contributed by atoms with Gasteiger partial charge in [0.05, 0.1) is 16.9 Å². The normalized spacial score (nSPS) is 17.0. The number of likely N-dealkylation sites (tertiary alicyclic amines) is 1. The second-order valence-corrected chi connectivity index (χ2v) is 6.44. The Balaban J connectivity index is 1.79. The van der Waals surface area contributed by atoms with Crippen molar-refractivity contribution in [2.75, 3.05) is 6.54 Å². The molecule has 3 aromatic rings. The number of benzene rings is 1.